The zero-order valence-corrected chi connectivity index (χ0v) is 18.1. The van der Waals surface area contributed by atoms with E-state index in [1.165, 1.54) is 0 Å². The number of hydrogen-bond acceptors (Lipinski definition) is 0. The van der Waals surface area contributed by atoms with Gasteiger partial charge in [0.1, 0.15) is 0 Å². The molecule has 0 N–H and O–H groups in total. The molecule has 1 atom stereocenters. The summed E-state index contributed by atoms with van der Waals surface area (Å²) in [5, 5.41) is 9.11. The summed E-state index contributed by atoms with van der Waals surface area (Å²) >= 11 is 72.7. The SMILES string of the molecule is [O]C(Cl)(C(Cl)(Cl)C(Cl)(Cl)Cl)C(Cl)(Cl)C(Cl)(Cl)C(Cl)(Cl)Cl. The largest absolute Gasteiger partial charge is 0.249 e. The summed E-state index contributed by atoms with van der Waals surface area (Å²) < 4.78 is -13.9. The first kappa shape index (κ1) is 23.7. The second-order valence-corrected chi connectivity index (χ2v) is 12.4. The van der Waals surface area contributed by atoms with Crippen LogP contribution in [-0.2, 0) is 5.11 Å². The average molecular weight is 549 g/mol. The summed E-state index contributed by atoms with van der Waals surface area (Å²) in [5.74, 6) is 0. The van der Waals surface area contributed by atoms with Crippen molar-refractivity contribution in [2.45, 2.75) is 25.6 Å². The van der Waals surface area contributed by atoms with Crippen LogP contribution in [0.1, 0.15) is 0 Å². The Morgan fingerprint density at radius 1 is 0.400 bits per heavy atom. The quantitative estimate of drug-likeness (QED) is 0.323. The highest BCUT2D eigenvalue weighted by molar-refractivity contribution is 6.81. The molecule has 121 valence electrons. The molecule has 14 heteroatoms. The van der Waals surface area contributed by atoms with Gasteiger partial charge in [0.05, 0.1) is 0 Å². The average Bonchev–Trinajstić information content (AvgIpc) is 2.12. The Morgan fingerprint density at radius 2 is 0.650 bits per heavy atom. The molecular weight excluding hydrogens is 549 g/mol. The minimum atomic E-state index is -3.41. The van der Waals surface area contributed by atoms with Crippen LogP contribution in [-0.4, -0.2) is 25.6 Å². The van der Waals surface area contributed by atoms with Crippen LogP contribution in [0, 0.1) is 0 Å². The van der Waals surface area contributed by atoms with E-state index in [1.807, 2.05) is 0 Å². The van der Waals surface area contributed by atoms with Crippen molar-refractivity contribution in [2.75, 3.05) is 0 Å². The second kappa shape index (κ2) is 6.80. The Kier molecular flexibility index (Phi) is 8.07. The lowest BCUT2D eigenvalue weighted by Crippen LogP contribution is -2.66. The maximum Gasteiger partial charge on any atom is 0.249 e. The summed E-state index contributed by atoms with van der Waals surface area (Å²) in [6.07, 6.45) is 0. The first-order valence-corrected chi connectivity index (χ1v) is 8.82. The van der Waals surface area contributed by atoms with Crippen molar-refractivity contribution in [1.29, 1.82) is 0 Å². The van der Waals surface area contributed by atoms with Gasteiger partial charge in [0.2, 0.25) is 25.6 Å². The lowest BCUT2D eigenvalue weighted by Gasteiger charge is -2.48. The summed E-state index contributed by atoms with van der Waals surface area (Å²) in [6.45, 7) is 0. The third kappa shape index (κ3) is 3.93. The first-order chi connectivity index (χ1) is 8.25. The Labute approximate surface area is 179 Å². The van der Waals surface area contributed by atoms with Crippen molar-refractivity contribution in [1.82, 2.24) is 0 Å². The van der Waals surface area contributed by atoms with Crippen LogP contribution < -0.4 is 0 Å². The zero-order chi connectivity index (χ0) is 17.0. The van der Waals surface area contributed by atoms with Gasteiger partial charge < -0.3 is 0 Å². The van der Waals surface area contributed by atoms with E-state index in [0.717, 1.165) is 0 Å². The highest BCUT2D eigenvalue weighted by Crippen LogP contribution is 2.67. The molecule has 0 saturated heterocycles. The van der Waals surface area contributed by atoms with Gasteiger partial charge in [-0.25, -0.2) is 5.11 Å². The van der Waals surface area contributed by atoms with E-state index in [4.69, 9.17) is 151 Å². The molecule has 1 radical (unpaired) electrons. The molecule has 0 amide bonds. The van der Waals surface area contributed by atoms with Crippen molar-refractivity contribution in [2.24, 2.45) is 0 Å². The van der Waals surface area contributed by atoms with Crippen molar-refractivity contribution < 1.29 is 5.11 Å². The van der Waals surface area contributed by atoms with Gasteiger partial charge in [-0.1, -0.05) is 151 Å². The van der Waals surface area contributed by atoms with Crippen LogP contribution in [0.25, 0.3) is 0 Å². The number of hydrogen-bond donors (Lipinski definition) is 0. The predicted octanol–water partition coefficient (Wildman–Crippen LogP) is 7.61. The summed E-state index contributed by atoms with van der Waals surface area (Å²) in [6, 6.07) is 0. The van der Waals surface area contributed by atoms with Gasteiger partial charge in [0, 0.05) is 0 Å². The topological polar surface area (TPSA) is 19.9 Å². The molecule has 0 aromatic rings. The molecule has 0 heterocycles. The minimum absolute atomic E-state index is 2.57. The van der Waals surface area contributed by atoms with Crippen molar-refractivity contribution in [3.05, 3.63) is 0 Å². The molecular formula is C6Cl13O. The van der Waals surface area contributed by atoms with E-state index in [9.17, 15) is 5.11 Å². The molecule has 20 heavy (non-hydrogen) atoms. The van der Waals surface area contributed by atoms with Crippen LogP contribution in [0.5, 0.6) is 0 Å². The molecule has 0 bridgehead atoms. The van der Waals surface area contributed by atoms with Gasteiger partial charge in [0.25, 0.3) is 0 Å². The van der Waals surface area contributed by atoms with E-state index in [-0.39, 0.29) is 0 Å². The Morgan fingerprint density at radius 3 is 0.850 bits per heavy atom. The molecule has 1 unspecified atom stereocenters. The van der Waals surface area contributed by atoms with Gasteiger partial charge >= 0.3 is 0 Å². The predicted molar refractivity (Wildman–Crippen MR) is 93.2 cm³/mol. The van der Waals surface area contributed by atoms with Crippen LogP contribution in [0.3, 0.4) is 0 Å². The van der Waals surface area contributed by atoms with Crippen molar-refractivity contribution in [3.63, 3.8) is 0 Å². The fourth-order valence-corrected chi connectivity index (χ4v) is 3.71. The fraction of sp³-hybridized carbons (Fsp3) is 1.00. The maximum atomic E-state index is 12.5. The molecule has 0 aromatic carbocycles. The number of halogens is 13. The molecule has 0 spiro atoms. The lowest BCUT2D eigenvalue weighted by atomic mass is 10.1. The van der Waals surface area contributed by atoms with Crippen LogP contribution in [0.15, 0.2) is 0 Å². The molecule has 0 aromatic heterocycles. The highest BCUT2D eigenvalue weighted by Gasteiger charge is 2.78. The van der Waals surface area contributed by atoms with Gasteiger partial charge in [-0.3, -0.25) is 0 Å². The third-order valence-electron chi connectivity index (χ3n) is 1.91. The lowest BCUT2D eigenvalue weighted by molar-refractivity contribution is 0.0146. The van der Waals surface area contributed by atoms with E-state index < -0.39 is 25.6 Å². The normalized spacial score (nSPS) is 18.9. The van der Waals surface area contributed by atoms with Crippen molar-refractivity contribution >= 4 is 151 Å². The standard InChI is InChI=1S/C6Cl13O/c7-1(8,2(9,10)5(14,15)16)4(13,20)3(11,12)6(17,18)19. The molecule has 0 aliphatic carbocycles. The first-order valence-electron chi connectivity index (χ1n) is 3.91. The smallest absolute Gasteiger partial charge is 0.205 e. The summed E-state index contributed by atoms with van der Waals surface area (Å²) in [4.78, 5) is 0. The van der Waals surface area contributed by atoms with Gasteiger partial charge in [0.15, 0.2) is 0 Å². The zero-order valence-electron chi connectivity index (χ0n) is 8.32. The molecule has 0 aliphatic heterocycles. The summed E-state index contributed by atoms with van der Waals surface area (Å²) in [5.41, 5.74) is 0. The second-order valence-electron chi connectivity index (χ2n) is 3.31. The highest BCUT2D eigenvalue weighted by atomic mass is 35.6. The molecule has 0 saturated carbocycles. The Balaban J connectivity index is 6.08. The Bertz CT molecular complexity index is 324. The van der Waals surface area contributed by atoms with Gasteiger partial charge in [-0.15, -0.1) is 0 Å². The monoisotopic (exact) mass is 543 g/mol. The molecule has 0 fully saturated rings. The van der Waals surface area contributed by atoms with Crippen LogP contribution in [0.2, 0.25) is 0 Å². The van der Waals surface area contributed by atoms with Gasteiger partial charge in [-0.2, -0.15) is 0 Å². The van der Waals surface area contributed by atoms with Crippen molar-refractivity contribution in [3.8, 4) is 0 Å². The van der Waals surface area contributed by atoms with Crippen LogP contribution >= 0.6 is 151 Å². The van der Waals surface area contributed by atoms with E-state index in [1.54, 1.807) is 0 Å². The maximum absolute atomic E-state index is 12.5. The number of rotatable bonds is 3. The van der Waals surface area contributed by atoms with Crippen LogP contribution in [0.4, 0.5) is 0 Å². The molecule has 0 aliphatic rings. The minimum Gasteiger partial charge on any atom is -0.205 e. The third-order valence-corrected chi connectivity index (χ3v) is 9.45. The van der Waals surface area contributed by atoms with Gasteiger partial charge in [-0.05, 0) is 0 Å². The van der Waals surface area contributed by atoms with E-state index >= 15 is 0 Å². The van der Waals surface area contributed by atoms with E-state index in [2.05, 4.69) is 0 Å². The molecule has 1 nitrogen and oxygen atoms in total. The number of alkyl halides is 13. The fourth-order valence-electron chi connectivity index (χ4n) is 0.759. The Hall–Kier alpha value is 3.73. The molecule has 0 rings (SSSR count). The summed E-state index contributed by atoms with van der Waals surface area (Å²) in [7, 11) is 0. The van der Waals surface area contributed by atoms with E-state index in [0.29, 0.717) is 0 Å².